The Labute approximate surface area is 151 Å². The summed E-state index contributed by atoms with van der Waals surface area (Å²) in [5.74, 6) is 0.344. The molecule has 134 valence electrons. The van der Waals surface area contributed by atoms with Crippen LogP contribution in [0, 0.1) is 12.8 Å². The summed E-state index contributed by atoms with van der Waals surface area (Å²) in [6, 6.07) is 8.01. The van der Waals surface area contributed by atoms with Crippen LogP contribution in [0.5, 0.6) is 0 Å². The fraction of sp³-hybridized carbons (Fsp3) is 0.368. The summed E-state index contributed by atoms with van der Waals surface area (Å²) in [7, 11) is 1.88. The van der Waals surface area contributed by atoms with E-state index in [2.05, 4.69) is 20.0 Å². The first kappa shape index (κ1) is 16.7. The summed E-state index contributed by atoms with van der Waals surface area (Å²) < 4.78 is 1.76. The van der Waals surface area contributed by atoms with Crippen LogP contribution in [-0.4, -0.2) is 43.6 Å². The van der Waals surface area contributed by atoms with E-state index in [1.807, 2.05) is 50.6 Å². The molecule has 1 amide bonds. The molecule has 1 fully saturated rings. The summed E-state index contributed by atoms with van der Waals surface area (Å²) in [5, 5.41) is 5.30. The number of rotatable bonds is 4. The topological polar surface area (TPSA) is 89.9 Å². The van der Waals surface area contributed by atoms with E-state index < -0.39 is 0 Å². The molecule has 3 aromatic rings. The fourth-order valence-corrected chi connectivity index (χ4v) is 3.84. The van der Waals surface area contributed by atoms with Gasteiger partial charge in [0.2, 0.25) is 5.91 Å². The van der Waals surface area contributed by atoms with Gasteiger partial charge < -0.3 is 5.73 Å². The van der Waals surface area contributed by atoms with Crippen molar-refractivity contribution in [1.82, 2.24) is 24.6 Å². The quantitative estimate of drug-likeness (QED) is 0.767. The first-order valence-corrected chi connectivity index (χ1v) is 8.73. The van der Waals surface area contributed by atoms with Crippen molar-refractivity contribution >= 4 is 16.8 Å². The number of aryl methyl sites for hydroxylation is 2. The lowest BCUT2D eigenvalue weighted by molar-refractivity contribution is -0.121. The van der Waals surface area contributed by atoms with Crippen LogP contribution in [0.1, 0.15) is 23.0 Å². The summed E-state index contributed by atoms with van der Waals surface area (Å²) in [5.41, 5.74) is 8.63. The van der Waals surface area contributed by atoms with E-state index in [-0.39, 0.29) is 17.7 Å². The lowest BCUT2D eigenvalue weighted by Gasteiger charge is -2.15. The smallest absolute Gasteiger partial charge is 0.222 e. The van der Waals surface area contributed by atoms with E-state index in [9.17, 15) is 4.79 Å². The van der Waals surface area contributed by atoms with E-state index in [0.717, 1.165) is 34.5 Å². The molecule has 2 N–H and O–H groups in total. The predicted octanol–water partition coefficient (Wildman–Crippen LogP) is 1.37. The molecule has 0 saturated carbocycles. The molecule has 1 aliphatic rings. The molecule has 7 heteroatoms. The summed E-state index contributed by atoms with van der Waals surface area (Å²) in [6.07, 6.45) is 3.78. The molecule has 1 aliphatic heterocycles. The molecular formula is C19H22N6O. The third-order valence-corrected chi connectivity index (χ3v) is 5.12. The molecular weight excluding hydrogens is 328 g/mol. The number of hydrogen-bond donors (Lipinski definition) is 1. The van der Waals surface area contributed by atoms with Gasteiger partial charge in [-0.05, 0) is 18.6 Å². The highest BCUT2D eigenvalue weighted by atomic mass is 16.1. The zero-order chi connectivity index (χ0) is 18.3. The molecule has 1 aromatic carbocycles. The Morgan fingerprint density at radius 1 is 1.27 bits per heavy atom. The third-order valence-electron chi connectivity index (χ3n) is 5.12. The number of nitrogens with zero attached hydrogens (tertiary/aromatic N) is 5. The molecule has 2 aromatic heterocycles. The first-order chi connectivity index (χ1) is 12.5. The molecule has 4 rings (SSSR count). The lowest BCUT2D eigenvalue weighted by atomic mass is 9.90. The predicted molar refractivity (Wildman–Crippen MR) is 98.2 cm³/mol. The number of carbonyl (C=O) groups is 1. The highest BCUT2D eigenvalue weighted by Crippen LogP contribution is 2.33. The van der Waals surface area contributed by atoms with Gasteiger partial charge in [-0.2, -0.15) is 5.10 Å². The minimum atomic E-state index is -0.267. The molecule has 0 aliphatic carbocycles. The average Bonchev–Trinajstić information content (AvgIpc) is 3.21. The van der Waals surface area contributed by atoms with Crippen LogP contribution in [0.25, 0.3) is 10.9 Å². The summed E-state index contributed by atoms with van der Waals surface area (Å²) >= 11 is 0. The van der Waals surface area contributed by atoms with Gasteiger partial charge in [-0.15, -0.1) is 0 Å². The Bertz CT molecular complexity index is 966. The minimum absolute atomic E-state index is 0.0581. The molecule has 26 heavy (non-hydrogen) atoms. The molecule has 0 unspecified atom stereocenters. The number of primary amides is 1. The van der Waals surface area contributed by atoms with Gasteiger partial charge in [-0.1, -0.05) is 18.2 Å². The van der Waals surface area contributed by atoms with Gasteiger partial charge in [0, 0.05) is 43.3 Å². The maximum Gasteiger partial charge on any atom is 0.222 e. The summed E-state index contributed by atoms with van der Waals surface area (Å²) in [4.78, 5) is 23.5. The van der Waals surface area contributed by atoms with Gasteiger partial charge in [0.25, 0.3) is 0 Å². The number of likely N-dealkylation sites (tertiary alicyclic amines) is 1. The van der Waals surface area contributed by atoms with Crippen molar-refractivity contribution < 1.29 is 4.79 Å². The van der Waals surface area contributed by atoms with E-state index in [1.54, 1.807) is 4.68 Å². The van der Waals surface area contributed by atoms with Gasteiger partial charge in [0.15, 0.2) is 0 Å². The zero-order valence-electron chi connectivity index (χ0n) is 15.0. The molecule has 0 spiro atoms. The Balaban J connectivity index is 1.58. The van der Waals surface area contributed by atoms with Crippen molar-refractivity contribution in [3.05, 3.63) is 53.7 Å². The van der Waals surface area contributed by atoms with E-state index in [0.29, 0.717) is 13.1 Å². The van der Waals surface area contributed by atoms with Crippen LogP contribution in [0.15, 0.2) is 36.7 Å². The maximum absolute atomic E-state index is 12.0. The molecule has 7 nitrogen and oxygen atoms in total. The standard InChI is InChI=1S/C19H22N6O/c1-12-14-5-3-4-6-17(14)23-18(22-12)11-25-9-15(16(10-25)19(20)26)13-7-21-24(2)8-13/h3-8,15-16H,9-11H2,1-2H3,(H2,20,26)/t15-,16+/m1/s1. The number of carbonyl (C=O) groups excluding carboxylic acids is 1. The highest BCUT2D eigenvalue weighted by Gasteiger charge is 2.38. The summed E-state index contributed by atoms with van der Waals surface area (Å²) in [6.45, 7) is 3.97. The van der Waals surface area contributed by atoms with Gasteiger partial charge in [-0.25, -0.2) is 9.97 Å². The van der Waals surface area contributed by atoms with Crippen LogP contribution < -0.4 is 5.73 Å². The fourth-order valence-electron chi connectivity index (χ4n) is 3.84. The monoisotopic (exact) mass is 350 g/mol. The second-order valence-electron chi connectivity index (χ2n) is 7.00. The van der Waals surface area contributed by atoms with E-state index >= 15 is 0 Å². The Morgan fingerprint density at radius 2 is 2.08 bits per heavy atom. The number of fused-ring (bicyclic) bond motifs is 1. The van der Waals surface area contributed by atoms with Gasteiger partial charge in [-0.3, -0.25) is 14.4 Å². The van der Waals surface area contributed by atoms with Crippen LogP contribution in [0.4, 0.5) is 0 Å². The number of para-hydroxylation sites is 1. The van der Waals surface area contributed by atoms with Crippen molar-refractivity contribution in [2.24, 2.45) is 18.7 Å². The van der Waals surface area contributed by atoms with Crippen LogP contribution in [-0.2, 0) is 18.4 Å². The highest BCUT2D eigenvalue weighted by molar-refractivity contribution is 5.80. The first-order valence-electron chi connectivity index (χ1n) is 8.73. The second-order valence-corrected chi connectivity index (χ2v) is 7.00. The second kappa shape index (κ2) is 6.49. The number of benzene rings is 1. The van der Waals surface area contributed by atoms with Crippen molar-refractivity contribution in [2.45, 2.75) is 19.4 Å². The number of nitrogens with two attached hydrogens (primary N) is 1. The van der Waals surface area contributed by atoms with Crippen LogP contribution in [0.3, 0.4) is 0 Å². The van der Waals surface area contributed by atoms with Gasteiger partial charge >= 0.3 is 0 Å². The van der Waals surface area contributed by atoms with Gasteiger partial charge in [0.1, 0.15) is 5.82 Å². The Hall–Kier alpha value is -2.80. The van der Waals surface area contributed by atoms with Crippen LogP contribution >= 0.6 is 0 Å². The van der Waals surface area contributed by atoms with Crippen molar-refractivity contribution in [2.75, 3.05) is 13.1 Å². The lowest BCUT2D eigenvalue weighted by Crippen LogP contribution is -2.29. The average molecular weight is 350 g/mol. The Kier molecular flexibility index (Phi) is 4.16. The molecule has 0 radical (unpaired) electrons. The zero-order valence-corrected chi connectivity index (χ0v) is 15.0. The number of hydrogen-bond acceptors (Lipinski definition) is 5. The molecule has 2 atom stereocenters. The minimum Gasteiger partial charge on any atom is -0.369 e. The SMILES string of the molecule is Cc1nc(CN2C[C@H](C(N)=O)[C@@H](c3cnn(C)c3)C2)nc2ccccc12. The van der Waals surface area contributed by atoms with E-state index in [4.69, 9.17) is 5.73 Å². The van der Waals surface area contributed by atoms with Gasteiger partial charge in [0.05, 0.1) is 24.2 Å². The molecule has 3 heterocycles. The van der Waals surface area contributed by atoms with E-state index in [1.165, 1.54) is 0 Å². The largest absolute Gasteiger partial charge is 0.369 e. The van der Waals surface area contributed by atoms with Crippen molar-refractivity contribution in [1.29, 1.82) is 0 Å². The number of aromatic nitrogens is 4. The number of amides is 1. The third kappa shape index (κ3) is 3.06. The maximum atomic E-state index is 12.0. The molecule has 0 bridgehead atoms. The Morgan fingerprint density at radius 3 is 2.81 bits per heavy atom. The van der Waals surface area contributed by atoms with Crippen molar-refractivity contribution in [3.63, 3.8) is 0 Å². The van der Waals surface area contributed by atoms with Crippen LogP contribution in [0.2, 0.25) is 0 Å². The normalized spacial score (nSPS) is 20.7. The molecule has 1 saturated heterocycles. The van der Waals surface area contributed by atoms with Crippen molar-refractivity contribution in [3.8, 4) is 0 Å².